The standard InChI is InChI=1S/C19H18F3N3O2/c1-11(2)26-16-8-7-14(9-15(16)19(20,21)22)17-24-18(27-25-17)13-5-3-12(10-23)4-6-13/h3-9,11H,10,23H2,1-2H3. The molecule has 0 spiro atoms. The molecular formula is C19H18F3N3O2. The summed E-state index contributed by atoms with van der Waals surface area (Å²) in [4.78, 5) is 4.20. The molecule has 0 aliphatic rings. The van der Waals surface area contributed by atoms with Crippen molar-refractivity contribution in [1.29, 1.82) is 0 Å². The first-order valence-corrected chi connectivity index (χ1v) is 8.29. The first-order valence-electron chi connectivity index (χ1n) is 8.29. The van der Waals surface area contributed by atoms with Crippen molar-refractivity contribution in [1.82, 2.24) is 10.1 Å². The van der Waals surface area contributed by atoms with Gasteiger partial charge in [0.2, 0.25) is 5.82 Å². The molecule has 5 nitrogen and oxygen atoms in total. The summed E-state index contributed by atoms with van der Waals surface area (Å²) in [7, 11) is 0. The van der Waals surface area contributed by atoms with E-state index < -0.39 is 11.7 Å². The Hall–Kier alpha value is -2.87. The van der Waals surface area contributed by atoms with E-state index in [2.05, 4.69) is 10.1 Å². The number of rotatable bonds is 5. The monoisotopic (exact) mass is 377 g/mol. The van der Waals surface area contributed by atoms with Crippen molar-refractivity contribution in [3.05, 3.63) is 53.6 Å². The number of benzene rings is 2. The second kappa shape index (κ2) is 7.40. The maximum Gasteiger partial charge on any atom is 0.419 e. The minimum absolute atomic E-state index is 0.0644. The van der Waals surface area contributed by atoms with Crippen LogP contribution in [0.5, 0.6) is 5.75 Å². The summed E-state index contributed by atoms with van der Waals surface area (Å²) in [5.74, 6) is 0.0430. The molecule has 0 unspecified atom stereocenters. The van der Waals surface area contributed by atoms with Crippen molar-refractivity contribution >= 4 is 0 Å². The Morgan fingerprint density at radius 1 is 1.07 bits per heavy atom. The fourth-order valence-corrected chi connectivity index (χ4v) is 2.49. The minimum Gasteiger partial charge on any atom is -0.490 e. The Morgan fingerprint density at radius 2 is 1.74 bits per heavy atom. The Morgan fingerprint density at radius 3 is 2.33 bits per heavy atom. The van der Waals surface area contributed by atoms with E-state index in [1.54, 1.807) is 26.0 Å². The highest BCUT2D eigenvalue weighted by Gasteiger charge is 2.35. The van der Waals surface area contributed by atoms with E-state index in [0.717, 1.165) is 11.6 Å². The molecule has 3 rings (SSSR count). The largest absolute Gasteiger partial charge is 0.490 e. The number of nitrogens with two attached hydrogens (primary N) is 1. The van der Waals surface area contributed by atoms with Crippen LogP contribution in [0, 0.1) is 0 Å². The van der Waals surface area contributed by atoms with Crippen LogP contribution >= 0.6 is 0 Å². The Bertz CT molecular complexity index is 919. The summed E-state index contributed by atoms with van der Waals surface area (Å²) in [6.45, 7) is 3.73. The van der Waals surface area contributed by atoms with Crippen LogP contribution in [0.4, 0.5) is 13.2 Å². The van der Waals surface area contributed by atoms with Crippen LogP contribution in [0.15, 0.2) is 47.0 Å². The number of hydrogen-bond donors (Lipinski definition) is 1. The fraction of sp³-hybridized carbons (Fsp3) is 0.263. The van der Waals surface area contributed by atoms with Gasteiger partial charge in [-0.05, 0) is 49.7 Å². The van der Waals surface area contributed by atoms with Gasteiger partial charge in [0, 0.05) is 17.7 Å². The zero-order valence-corrected chi connectivity index (χ0v) is 14.7. The average molecular weight is 377 g/mol. The van der Waals surface area contributed by atoms with E-state index in [0.29, 0.717) is 12.1 Å². The normalized spacial score (nSPS) is 11.8. The number of halogens is 3. The van der Waals surface area contributed by atoms with E-state index in [1.807, 2.05) is 12.1 Å². The van der Waals surface area contributed by atoms with Gasteiger partial charge < -0.3 is 15.0 Å². The van der Waals surface area contributed by atoms with Gasteiger partial charge in [0.05, 0.1) is 11.7 Å². The van der Waals surface area contributed by atoms with Crippen molar-refractivity contribution in [3.63, 3.8) is 0 Å². The van der Waals surface area contributed by atoms with Crippen molar-refractivity contribution in [3.8, 4) is 28.6 Å². The zero-order valence-electron chi connectivity index (χ0n) is 14.7. The highest BCUT2D eigenvalue weighted by molar-refractivity contribution is 5.62. The van der Waals surface area contributed by atoms with Crippen molar-refractivity contribution in [2.45, 2.75) is 32.7 Å². The van der Waals surface area contributed by atoms with Gasteiger partial charge in [0.25, 0.3) is 5.89 Å². The molecule has 0 amide bonds. The predicted octanol–water partition coefficient (Wildman–Crippen LogP) is 4.67. The maximum absolute atomic E-state index is 13.4. The van der Waals surface area contributed by atoms with Crippen molar-refractivity contribution < 1.29 is 22.4 Å². The van der Waals surface area contributed by atoms with E-state index in [-0.39, 0.29) is 29.1 Å². The predicted molar refractivity (Wildman–Crippen MR) is 93.8 cm³/mol. The minimum atomic E-state index is -4.56. The van der Waals surface area contributed by atoms with E-state index in [1.165, 1.54) is 12.1 Å². The Labute approximate surface area is 154 Å². The third-order valence-corrected chi connectivity index (χ3v) is 3.77. The van der Waals surface area contributed by atoms with Gasteiger partial charge in [-0.2, -0.15) is 18.2 Å². The third-order valence-electron chi connectivity index (χ3n) is 3.77. The second-order valence-electron chi connectivity index (χ2n) is 6.20. The molecule has 142 valence electrons. The van der Waals surface area contributed by atoms with Crippen LogP contribution in [0.3, 0.4) is 0 Å². The molecule has 0 bridgehead atoms. The SMILES string of the molecule is CC(C)Oc1ccc(-c2noc(-c3ccc(CN)cc3)n2)cc1C(F)(F)F. The molecule has 27 heavy (non-hydrogen) atoms. The van der Waals surface area contributed by atoms with Crippen LogP contribution in [0.1, 0.15) is 25.0 Å². The molecule has 0 aliphatic heterocycles. The van der Waals surface area contributed by atoms with E-state index in [4.69, 9.17) is 15.0 Å². The smallest absolute Gasteiger partial charge is 0.419 e. The first kappa shape index (κ1) is 18.9. The van der Waals surface area contributed by atoms with Gasteiger partial charge in [0.15, 0.2) is 0 Å². The lowest BCUT2D eigenvalue weighted by molar-refractivity contribution is -0.139. The topological polar surface area (TPSA) is 74.2 Å². The average Bonchev–Trinajstić information content (AvgIpc) is 3.11. The molecule has 2 N–H and O–H groups in total. The second-order valence-corrected chi connectivity index (χ2v) is 6.20. The quantitative estimate of drug-likeness (QED) is 0.699. The fourth-order valence-electron chi connectivity index (χ4n) is 2.49. The molecule has 0 aliphatic carbocycles. The number of hydrogen-bond acceptors (Lipinski definition) is 5. The van der Waals surface area contributed by atoms with Crippen molar-refractivity contribution in [2.75, 3.05) is 0 Å². The lowest BCUT2D eigenvalue weighted by Crippen LogP contribution is -2.13. The highest BCUT2D eigenvalue weighted by atomic mass is 19.4. The van der Waals surface area contributed by atoms with E-state index >= 15 is 0 Å². The van der Waals surface area contributed by atoms with E-state index in [9.17, 15) is 13.2 Å². The van der Waals surface area contributed by atoms with Crippen molar-refractivity contribution in [2.24, 2.45) is 5.73 Å². The molecule has 1 aromatic heterocycles. The molecule has 0 atom stereocenters. The van der Waals surface area contributed by atoms with Crippen LogP contribution in [-0.2, 0) is 12.7 Å². The molecule has 3 aromatic rings. The molecular weight excluding hydrogens is 359 g/mol. The molecule has 8 heteroatoms. The van der Waals surface area contributed by atoms with Gasteiger partial charge in [-0.1, -0.05) is 17.3 Å². The van der Waals surface area contributed by atoms with Crippen LogP contribution < -0.4 is 10.5 Å². The van der Waals surface area contributed by atoms with Gasteiger partial charge in [-0.15, -0.1) is 0 Å². The maximum atomic E-state index is 13.4. The molecule has 0 saturated carbocycles. The van der Waals surface area contributed by atoms with Gasteiger partial charge in [-0.25, -0.2) is 0 Å². The van der Waals surface area contributed by atoms with Gasteiger partial charge in [0.1, 0.15) is 5.75 Å². The summed E-state index contributed by atoms with van der Waals surface area (Å²) in [6, 6.07) is 10.9. The van der Waals surface area contributed by atoms with Gasteiger partial charge in [-0.3, -0.25) is 0 Å². The molecule has 0 fully saturated rings. The highest BCUT2D eigenvalue weighted by Crippen LogP contribution is 2.39. The third kappa shape index (κ3) is 4.28. The number of aromatic nitrogens is 2. The molecule has 2 aromatic carbocycles. The number of alkyl halides is 3. The molecule has 1 heterocycles. The lowest BCUT2D eigenvalue weighted by Gasteiger charge is -2.16. The number of nitrogens with zero attached hydrogens (tertiary/aromatic N) is 2. The van der Waals surface area contributed by atoms with Gasteiger partial charge >= 0.3 is 6.18 Å². The summed E-state index contributed by atoms with van der Waals surface area (Å²) in [5.41, 5.74) is 6.45. The molecule has 0 radical (unpaired) electrons. The van der Waals surface area contributed by atoms with Crippen LogP contribution in [0.2, 0.25) is 0 Å². The first-order chi connectivity index (χ1) is 12.8. The Balaban J connectivity index is 1.95. The Kier molecular flexibility index (Phi) is 5.18. The lowest BCUT2D eigenvalue weighted by atomic mass is 10.1. The van der Waals surface area contributed by atoms with Crippen LogP contribution in [0.25, 0.3) is 22.8 Å². The zero-order chi connectivity index (χ0) is 19.6. The summed E-state index contributed by atoms with van der Waals surface area (Å²) in [5, 5.41) is 3.80. The summed E-state index contributed by atoms with van der Waals surface area (Å²) in [6.07, 6.45) is -4.95. The summed E-state index contributed by atoms with van der Waals surface area (Å²) < 4.78 is 50.6. The summed E-state index contributed by atoms with van der Waals surface area (Å²) >= 11 is 0. The number of ether oxygens (including phenoxy) is 1. The van der Waals surface area contributed by atoms with Crippen LogP contribution in [-0.4, -0.2) is 16.2 Å². The molecule has 0 saturated heterocycles.